The maximum atomic E-state index is 14.1. The van der Waals surface area contributed by atoms with Gasteiger partial charge in [0.15, 0.2) is 17.5 Å². The number of halogens is 9. The Balaban J connectivity index is 1.44. The van der Waals surface area contributed by atoms with Crippen molar-refractivity contribution in [1.82, 2.24) is 19.5 Å². The second kappa shape index (κ2) is 13.1. The number of hydrogen-bond acceptors (Lipinski definition) is 3. The Hall–Kier alpha value is -6.50. The first-order valence-electron chi connectivity index (χ1n) is 16.6. The molecule has 0 unspecified atom stereocenters. The first-order valence-corrected chi connectivity index (χ1v) is 16.6. The van der Waals surface area contributed by atoms with Gasteiger partial charge in [0.25, 0.3) is 0 Å². The molecule has 0 amide bonds. The number of alkyl halides is 9. The van der Waals surface area contributed by atoms with Gasteiger partial charge in [0.1, 0.15) is 0 Å². The van der Waals surface area contributed by atoms with Crippen molar-refractivity contribution in [3.05, 3.63) is 156 Å². The molecule has 274 valence electrons. The molecule has 13 heteroatoms. The molecule has 2 heterocycles. The lowest BCUT2D eigenvalue weighted by atomic mass is 9.96. The number of hydrogen-bond donors (Lipinski definition) is 0. The van der Waals surface area contributed by atoms with Gasteiger partial charge in [-0.05, 0) is 65.7 Å². The minimum absolute atomic E-state index is 0.0438. The SMILES string of the molecule is FC(F)(F)c1cccc(-c2cc(-n3c4cc(C(F)(F)F)ccc4c4ccc(C(F)(F)F)cc43)ccc2-c2nc(-c3ccccc3)nc(-c3ccccc3)n2)c1. The highest BCUT2D eigenvalue weighted by Crippen LogP contribution is 2.42. The summed E-state index contributed by atoms with van der Waals surface area (Å²) in [4.78, 5) is 14.1. The van der Waals surface area contributed by atoms with Crippen LogP contribution in [0, 0.1) is 0 Å². The average Bonchev–Trinajstić information content (AvgIpc) is 3.50. The van der Waals surface area contributed by atoms with Crippen LogP contribution in [-0.2, 0) is 18.5 Å². The molecule has 0 saturated carbocycles. The van der Waals surface area contributed by atoms with Crippen molar-refractivity contribution in [1.29, 1.82) is 0 Å². The van der Waals surface area contributed by atoms with E-state index in [4.69, 9.17) is 9.97 Å². The van der Waals surface area contributed by atoms with Crippen LogP contribution in [-0.4, -0.2) is 19.5 Å². The zero-order valence-corrected chi connectivity index (χ0v) is 28.0. The van der Waals surface area contributed by atoms with Crippen molar-refractivity contribution < 1.29 is 39.5 Å². The maximum Gasteiger partial charge on any atom is 0.416 e. The Labute approximate surface area is 306 Å². The van der Waals surface area contributed by atoms with Crippen LogP contribution < -0.4 is 0 Å². The third-order valence-electron chi connectivity index (χ3n) is 9.12. The normalized spacial score (nSPS) is 12.5. The molecular weight excluding hydrogens is 731 g/mol. The molecule has 4 nitrogen and oxygen atoms in total. The van der Waals surface area contributed by atoms with Gasteiger partial charge in [-0.2, -0.15) is 39.5 Å². The lowest BCUT2D eigenvalue weighted by molar-refractivity contribution is -0.138. The van der Waals surface area contributed by atoms with E-state index in [1.165, 1.54) is 47.0 Å². The Morgan fingerprint density at radius 2 is 0.818 bits per heavy atom. The zero-order chi connectivity index (χ0) is 38.7. The fraction of sp³-hybridized carbons (Fsp3) is 0.0714. The van der Waals surface area contributed by atoms with Gasteiger partial charge in [-0.25, -0.2) is 15.0 Å². The Morgan fingerprint density at radius 1 is 0.364 bits per heavy atom. The standard InChI is InChI=1S/C42H23F9N4/c43-40(44,45)27-13-7-12-26(20-27)34-23-30(55-35-21-28(41(46,47)48)14-17-31(35)32-18-15-29(22-36(32)55)42(49,50)51)16-19-33(34)39-53-37(24-8-3-1-4-9-24)52-38(54-39)25-10-5-2-6-11-25/h1-23H. The fourth-order valence-corrected chi connectivity index (χ4v) is 6.55. The summed E-state index contributed by atoms with van der Waals surface area (Å²) in [6.45, 7) is 0. The van der Waals surface area contributed by atoms with E-state index in [1.54, 1.807) is 60.7 Å². The molecule has 0 N–H and O–H groups in total. The highest BCUT2D eigenvalue weighted by Gasteiger charge is 2.34. The summed E-state index contributed by atoms with van der Waals surface area (Å²) in [6, 6.07) is 32.4. The molecule has 0 radical (unpaired) electrons. The van der Waals surface area contributed by atoms with E-state index in [0.29, 0.717) is 11.1 Å². The van der Waals surface area contributed by atoms with E-state index >= 15 is 0 Å². The number of rotatable bonds is 5. The molecule has 0 fully saturated rings. The molecule has 8 rings (SSSR count). The number of aromatic nitrogens is 4. The van der Waals surface area contributed by atoms with Gasteiger partial charge in [0.05, 0.1) is 27.7 Å². The summed E-state index contributed by atoms with van der Waals surface area (Å²) >= 11 is 0. The van der Waals surface area contributed by atoms with Crippen LogP contribution in [0.5, 0.6) is 0 Å². The molecule has 0 bridgehead atoms. The Morgan fingerprint density at radius 3 is 1.31 bits per heavy atom. The van der Waals surface area contributed by atoms with Gasteiger partial charge >= 0.3 is 18.5 Å². The Kier molecular flexibility index (Phi) is 8.47. The van der Waals surface area contributed by atoms with Gasteiger partial charge in [0, 0.05) is 33.2 Å². The monoisotopic (exact) mass is 754 g/mol. The minimum atomic E-state index is -4.79. The third-order valence-corrected chi connectivity index (χ3v) is 9.12. The van der Waals surface area contributed by atoms with E-state index in [0.717, 1.165) is 36.4 Å². The molecule has 0 aliphatic carbocycles. The zero-order valence-electron chi connectivity index (χ0n) is 28.0. The molecule has 0 aliphatic heterocycles. The predicted octanol–water partition coefficient (Wildman–Crippen LogP) is 12.7. The first-order chi connectivity index (χ1) is 26.1. The van der Waals surface area contributed by atoms with Crippen LogP contribution in [0.4, 0.5) is 39.5 Å². The molecular formula is C42H23F9N4. The lowest BCUT2D eigenvalue weighted by Crippen LogP contribution is -2.06. The minimum Gasteiger partial charge on any atom is -0.309 e. The van der Waals surface area contributed by atoms with Crippen molar-refractivity contribution in [2.45, 2.75) is 18.5 Å². The number of benzene rings is 6. The van der Waals surface area contributed by atoms with E-state index in [1.807, 2.05) is 0 Å². The van der Waals surface area contributed by atoms with Gasteiger partial charge in [0.2, 0.25) is 0 Å². The average molecular weight is 755 g/mol. The third kappa shape index (κ3) is 6.77. The summed E-state index contributed by atoms with van der Waals surface area (Å²) in [7, 11) is 0. The number of fused-ring (bicyclic) bond motifs is 3. The van der Waals surface area contributed by atoms with Gasteiger partial charge in [-0.15, -0.1) is 0 Å². The van der Waals surface area contributed by atoms with E-state index in [-0.39, 0.29) is 61.7 Å². The van der Waals surface area contributed by atoms with Crippen molar-refractivity contribution in [3.8, 4) is 51.0 Å². The highest BCUT2D eigenvalue weighted by atomic mass is 19.4. The predicted molar refractivity (Wildman–Crippen MR) is 191 cm³/mol. The summed E-state index contributed by atoms with van der Waals surface area (Å²) in [6.07, 6.45) is -14.3. The summed E-state index contributed by atoms with van der Waals surface area (Å²) in [5, 5.41) is 0.470. The van der Waals surface area contributed by atoms with Crippen LogP contribution in [0.2, 0.25) is 0 Å². The van der Waals surface area contributed by atoms with Gasteiger partial charge in [-0.1, -0.05) is 84.9 Å². The molecule has 0 aliphatic rings. The summed E-state index contributed by atoms with van der Waals surface area (Å²) in [5.41, 5.74) is -1.47. The van der Waals surface area contributed by atoms with Gasteiger partial charge in [-0.3, -0.25) is 0 Å². The number of nitrogens with zero attached hydrogens (tertiary/aromatic N) is 4. The largest absolute Gasteiger partial charge is 0.416 e. The molecule has 0 atom stereocenters. The molecule has 2 aromatic heterocycles. The lowest BCUT2D eigenvalue weighted by Gasteiger charge is -2.17. The van der Waals surface area contributed by atoms with Crippen LogP contribution in [0.3, 0.4) is 0 Å². The molecule has 0 saturated heterocycles. The van der Waals surface area contributed by atoms with Crippen LogP contribution in [0.15, 0.2) is 140 Å². The van der Waals surface area contributed by atoms with Crippen molar-refractivity contribution >= 4 is 21.8 Å². The molecule has 0 spiro atoms. The maximum absolute atomic E-state index is 14.1. The van der Waals surface area contributed by atoms with Gasteiger partial charge < -0.3 is 4.57 Å². The van der Waals surface area contributed by atoms with Crippen LogP contribution in [0.1, 0.15) is 16.7 Å². The van der Waals surface area contributed by atoms with Crippen LogP contribution >= 0.6 is 0 Å². The summed E-state index contributed by atoms with van der Waals surface area (Å²) in [5.74, 6) is 0.572. The first kappa shape index (κ1) is 35.5. The second-order valence-corrected chi connectivity index (χ2v) is 12.6. The molecule has 8 aromatic rings. The van der Waals surface area contributed by atoms with E-state index in [2.05, 4.69) is 4.98 Å². The van der Waals surface area contributed by atoms with E-state index < -0.39 is 35.2 Å². The topological polar surface area (TPSA) is 43.6 Å². The smallest absolute Gasteiger partial charge is 0.309 e. The summed E-state index contributed by atoms with van der Waals surface area (Å²) < 4.78 is 128. The highest BCUT2D eigenvalue weighted by molar-refractivity contribution is 6.10. The quantitative estimate of drug-likeness (QED) is 0.164. The van der Waals surface area contributed by atoms with Crippen molar-refractivity contribution in [3.63, 3.8) is 0 Å². The fourth-order valence-electron chi connectivity index (χ4n) is 6.55. The Bertz CT molecular complexity index is 2590. The molecule has 55 heavy (non-hydrogen) atoms. The van der Waals surface area contributed by atoms with Crippen molar-refractivity contribution in [2.75, 3.05) is 0 Å². The molecule has 6 aromatic carbocycles. The second-order valence-electron chi connectivity index (χ2n) is 12.6. The van der Waals surface area contributed by atoms with Crippen LogP contribution in [0.25, 0.3) is 72.8 Å². The van der Waals surface area contributed by atoms with E-state index in [9.17, 15) is 39.5 Å². The van der Waals surface area contributed by atoms with Crippen molar-refractivity contribution in [2.24, 2.45) is 0 Å².